The van der Waals surface area contributed by atoms with E-state index in [2.05, 4.69) is 24.3 Å². The fraction of sp³-hybridized carbons (Fsp3) is 0.700. The molecule has 1 aromatic carbocycles. The van der Waals surface area contributed by atoms with E-state index in [1.165, 1.54) is 69.5 Å². The van der Waals surface area contributed by atoms with Crippen LogP contribution in [0, 0.1) is 0 Å². The van der Waals surface area contributed by atoms with Gasteiger partial charge in [-0.15, -0.1) is 0 Å². The van der Waals surface area contributed by atoms with E-state index in [1.807, 2.05) is 0 Å². The second-order valence-corrected chi connectivity index (χ2v) is 9.77. The lowest BCUT2D eigenvalue weighted by Gasteiger charge is -2.39. The van der Waals surface area contributed by atoms with E-state index in [0.29, 0.717) is 6.79 Å². The van der Waals surface area contributed by atoms with Crippen LogP contribution in [0.15, 0.2) is 24.3 Å². The Balaban J connectivity index is 1.87. The van der Waals surface area contributed by atoms with Crippen LogP contribution in [0.25, 0.3) is 0 Å². The highest BCUT2D eigenvalue weighted by Crippen LogP contribution is 2.56. The first-order valence-electron chi connectivity index (χ1n) is 9.39. The molecule has 2 aliphatic carbocycles. The topological polar surface area (TPSA) is 18.5 Å². The molecule has 2 saturated carbocycles. The smallest absolute Gasteiger partial charge is 0.188 e. The van der Waals surface area contributed by atoms with E-state index in [4.69, 9.17) is 9.47 Å². The third kappa shape index (κ3) is 4.48. The lowest BCUT2D eigenvalue weighted by atomic mass is 9.99. The van der Waals surface area contributed by atoms with Crippen LogP contribution in [0.2, 0.25) is 0 Å². The minimum atomic E-state index is -0.110. The van der Waals surface area contributed by atoms with Gasteiger partial charge in [-0.3, -0.25) is 0 Å². The maximum absolute atomic E-state index is 5.94. The Morgan fingerprint density at radius 3 is 2.00 bits per heavy atom. The second-order valence-electron chi connectivity index (χ2n) is 7.01. The molecule has 1 aromatic rings. The number of hydrogen-bond donors (Lipinski definition) is 0. The second kappa shape index (κ2) is 9.04. The minimum Gasteiger partial charge on any atom is -0.467 e. The van der Waals surface area contributed by atoms with Crippen molar-refractivity contribution in [3.05, 3.63) is 24.3 Å². The van der Waals surface area contributed by atoms with Crippen LogP contribution in [0.5, 0.6) is 5.75 Å². The molecule has 0 amide bonds. The average Bonchev–Trinajstić information content (AvgIpc) is 2.63. The lowest BCUT2D eigenvalue weighted by molar-refractivity contribution is 0.0519. The molecule has 128 valence electrons. The zero-order valence-corrected chi connectivity index (χ0v) is 15.4. The lowest BCUT2D eigenvalue weighted by Crippen LogP contribution is -2.27. The fourth-order valence-corrected chi connectivity index (χ4v) is 8.20. The zero-order valence-electron chi connectivity index (χ0n) is 14.5. The van der Waals surface area contributed by atoms with Gasteiger partial charge in [-0.2, -0.15) is 0 Å². The molecule has 0 spiro atoms. The van der Waals surface area contributed by atoms with Gasteiger partial charge in [0.1, 0.15) is 5.75 Å². The summed E-state index contributed by atoms with van der Waals surface area (Å²) in [5.41, 5.74) is 1.82. The summed E-state index contributed by atoms with van der Waals surface area (Å²) >= 11 is 0. The molecule has 0 heterocycles. The van der Waals surface area contributed by atoms with Gasteiger partial charge in [0.15, 0.2) is 6.79 Å². The van der Waals surface area contributed by atoms with E-state index in [1.54, 1.807) is 7.11 Å². The van der Waals surface area contributed by atoms with Gasteiger partial charge in [-0.25, -0.2) is 0 Å². The van der Waals surface area contributed by atoms with Gasteiger partial charge in [0, 0.05) is 12.4 Å². The van der Waals surface area contributed by atoms with Gasteiger partial charge in [0.2, 0.25) is 0 Å². The number of hydrogen-bond acceptors (Lipinski definition) is 2. The standard InChI is InChI=1S/C20H31O2P/c1-21-16-22-19-14-8-9-15-20(19)23(17-10-4-2-5-11-17)18-12-6-3-7-13-18/h8-9,14-15,17-18H,2-7,10-13,16H2,1H3. The highest BCUT2D eigenvalue weighted by molar-refractivity contribution is 7.67. The monoisotopic (exact) mass is 334 g/mol. The Hall–Kier alpha value is -0.590. The molecule has 0 bridgehead atoms. The average molecular weight is 334 g/mol. The predicted octanol–water partition coefficient (Wildman–Crippen LogP) is 5.44. The van der Waals surface area contributed by atoms with Gasteiger partial charge >= 0.3 is 0 Å². The third-order valence-electron chi connectivity index (χ3n) is 5.41. The van der Waals surface area contributed by atoms with Crippen molar-refractivity contribution in [2.75, 3.05) is 13.9 Å². The molecule has 2 aliphatic rings. The molecule has 0 radical (unpaired) electrons. The van der Waals surface area contributed by atoms with Crippen LogP contribution < -0.4 is 10.0 Å². The zero-order chi connectivity index (χ0) is 15.9. The predicted molar refractivity (Wildman–Crippen MR) is 99.2 cm³/mol. The molecule has 2 fully saturated rings. The molecule has 3 heteroatoms. The summed E-state index contributed by atoms with van der Waals surface area (Å²) in [5.74, 6) is 1.08. The molecular weight excluding hydrogens is 303 g/mol. The fourth-order valence-electron chi connectivity index (χ4n) is 4.32. The number of benzene rings is 1. The van der Waals surface area contributed by atoms with Gasteiger partial charge in [0.05, 0.1) is 0 Å². The summed E-state index contributed by atoms with van der Waals surface area (Å²) in [6.45, 7) is 0.357. The van der Waals surface area contributed by atoms with Crippen molar-refractivity contribution < 1.29 is 9.47 Å². The maximum Gasteiger partial charge on any atom is 0.188 e. The first-order valence-corrected chi connectivity index (χ1v) is 10.9. The van der Waals surface area contributed by atoms with Crippen molar-refractivity contribution in [1.29, 1.82) is 0 Å². The Morgan fingerprint density at radius 1 is 0.870 bits per heavy atom. The van der Waals surface area contributed by atoms with Crippen LogP contribution >= 0.6 is 7.92 Å². The number of para-hydroxylation sites is 1. The molecule has 0 unspecified atom stereocenters. The highest BCUT2D eigenvalue weighted by atomic mass is 31.1. The van der Waals surface area contributed by atoms with Crippen LogP contribution in [-0.2, 0) is 4.74 Å². The van der Waals surface area contributed by atoms with Crippen molar-refractivity contribution in [3.63, 3.8) is 0 Å². The molecule has 0 saturated heterocycles. The molecule has 2 nitrogen and oxygen atoms in total. The Labute approximate surface area is 142 Å². The maximum atomic E-state index is 5.94. The van der Waals surface area contributed by atoms with Crippen LogP contribution in [0.1, 0.15) is 64.2 Å². The van der Waals surface area contributed by atoms with E-state index in [0.717, 1.165) is 17.1 Å². The Kier molecular flexibility index (Phi) is 6.78. The SMILES string of the molecule is COCOc1ccccc1P(C1CCCCC1)C1CCCCC1. The van der Waals surface area contributed by atoms with Crippen LogP contribution in [0.3, 0.4) is 0 Å². The van der Waals surface area contributed by atoms with E-state index >= 15 is 0 Å². The molecular formula is C20H31O2P. The van der Waals surface area contributed by atoms with Crippen LogP contribution in [0.4, 0.5) is 0 Å². The van der Waals surface area contributed by atoms with Crippen molar-refractivity contribution >= 4 is 13.2 Å². The molecule has 0 N–H and O–H groups in total. The van der Waals surface area contributed by atoms with Gasteiger partial charge < -0.3 is 9.47 Å². The molecule has 0 aliphatic heterocycles. The van der Waals surface area contributed by atoms with Crippen molar-refractivity contribution in [1.82, 2.24) is 0 Å². The quantitative estimate of drug-likeness (QED) is 0.509. The van der Waals surface area contributed by atoms with E-state index in [-0.39, 0.29) is 7.92 Å². The van der Waals surface area contributed by atoms with Crippen molar-refractivity contribution in [3.8, 4) is 5.75 Å². The van der Waals surface area contributed by atoms with Gasteiger partial charge in [-0.05, 0) is 43.1 Å². The summed E-state index contributed by atoms with van der Waals surface area (Å²) < 4.78 is 11.1. The molecule has 0 atom stereocenters. The molecule has 23 heavy (non-hydrogen) atoms. The number of rotatable bonds is 6. The van der Waals surface area contributed by atoms with Gasteiger partial charge in [-0.1, -0.05) is 64.6 Å². The minimum absolute atomic E-state index is 0.110. The number of methoxy groups -OCH3 is 1. The van der Waals surface area contributed by atoms with E-state index < -0.39 is 0 Å². The normalized spacial score (nSPS) is 20.8. The summed E-state index contributed by atoms with van der Waals surface area (Å²) in [5, 5.41) is 1.51. The first-order chi connectivity index (χ1) is 11.4. The molecule has 0 aromatic heterocycles. The highest BCUT2D eigenvalue weighted by Gasteiger charge is 2.33. The number of ether oxygens (including phenoxy) is 2. The Bertz CT molecular complexity index is 446. The largest absolute Gasteiger partial charge is 0.467 e. The van der Waals surface area contributed by atoms with Crippen LogP contribution in [-0.4, -0.2) is 25.2 Å². The van der Waals surface area contributed by atoms with E-state index in [9.17, 15) is 0 Å². The van der Waals surface area contributed by atoms with Crippen molar-refractivity contribution in [2.45, 2.75) is 75.5 Å². The Morgan fingerprint density at radius 2 is 1.43 bits per heavy atom. The molecule has 3 rings (SSSR count). The van der Waals surface area contributed by atoms with Gasteiger partial charge in [0.25, 0.3) is 0 Å². The first kappa shape index (κ1) is 17.2. The summed E-state index contributed by atoms with van der Waals surface area (Å²) in [7, 11) is 1.59. The third-order valence-corrected chi connectivity index (χ3v) is 8.94. The summed E-state index contributed by atoms with van der Waals surface area (Å²) in [4.78, 5) is 0. The van der Waals surface area contributed by atoms with Crippen molar-refractivity contribution in [2.24, 2.45) is 0 Å². The summed E-state index contributed by atoms with van der Waals surface area (Å²) in [6.07, 6.45) is 14.3. The summed E-state index contributed by atoms with van der Waals surface area (Å²) in [6, 6.07) is 8.80.